The van der Waals surface area contributed by atoms with Crippen LogP contribution in [0.2, 0.25) is 0 Å². The molecule has 2 aliphatic carbocycles. The number of carbonyl (C=O) groups is 2. The summed E-state index contributed by atoms with van der Waals surface area (Å²) in [6.45, 7) is 7.40. The summed E-state index contributed by atoms with van der Waals surface area (Å²) >= 11 is 0. The van der Waals surface area contributed by atoms with Gasteiger partial charge in [-0.3, -0.25) is 9.59 Å². The maximum Gasteiger partial charge on any atom is 0.236 e. The van der Waals surface area contributed by atoms with E-state index in [0.717, 1.165) is 25.7 Å². The highest BCUT2D eigenvalue weighted by molar-refractivity contribution is 5.81. The number of hydrogen-bond acceptors (Lipinski definition) is 6. The Morgan fingerprint density at radius 3 is 1.34 bits per heavy atom. The molecule has 0 bridgehead atoms. The van der Waals surface area contributed by atoms with E-state index in [2.05, 4.69) is 10.6 Å². The molecule has 29 heavy (non-hydrogen) atoms. The minimum absolute atomic E-state index is 0. The molecule has 0 aromatic carbocycles. The van der Waals surface area contributed by atoms with Gasteiger partial charge in [0.15, 0.2) is 0 Å². The Bertz CT molecular complexity index is 457. The number of aliphatic hydroxyl groups excluding tert-OH is 2. The van der Waals surface area contributed by atoms with Gasteiger partial charge >= 0.3 is 0 Å². The van der Waals surface area contributed by atoms with Gasteiger partial charge in [0.05, 0.1) is 24.3 Å². The van der Waals surface area contributed by atoms with Crippen molar-refractivity contribution in [2.45, 2.75) is 110 Å². The number of hydrogen-bond donors (Lipinski definition) is 6. The van der Waals surface area contributed by atoms with E-state index in [-0.39, 0.29) is 43.5 Å². The first-order chi connectivity index (χ1) is 13.0. The minimum atomic E-state index is -0.466. The van der Waals surface area contributed by atoms with E-state index in [1.165, 1.54) is 0 Å². The number of aliphatic hydroxyl groups is 2. The molecular formula is C21H44N4O4. The molecule has 0 aromatic rings. The van der Waals surface area contributed by atoms with E-state index >= 15 is 0 Å². The highest BCUT2D eigenvalue weighted by Gasteiger charge is 2.28. The normalized spacial score (nSPS) is 33.8. The Morgan fingerprint density at radius 2 is 1.10 bits per heavy atom. The van der Waals surface area contributed by atoms with Crippen molar-refractivity contribution in [1.29, 1.82) is 0 Å². The van der Waals surface area contributed by atoms with Crippen LogP contribution in [0.25, 0.3) is 0 Å². The monoisotopic (exact) mass is 416 g/mol. The second-order valence-corrected chi connectivity index (χ2v) is 8.70. The third kappa shape index (κ3) is 9.89. The lowest BCUT2D eigenvalue weighted by Gasteiger charge is -2.31. The fraction of sp³-hybridized carbons (Fsp3) is 0.905. The van der Waals surface area contributed by atoms with E-state index in [1.54, 1.807) is 13.8 Å². The van der Waals surface area contributed by atoms with Gasteiger partial charge in [0.2, 0.25) is 11.8 Å². The molecule has 8 N–H and O–H groups in total. The molecule has 2 saturated carbocycles. The third-order valence-corrected chi connectivity index (χ3v) is 5.83. The van der Waals surface area contributed by atoms with Gasteiger partial charge in [-0.15, -0.1) is 0 Å². The Labute approximate surface area is 176 Å². The van der Waals surface area contributed by atoms with Gasteiger partial charge in [0.1, 0.15) is 0 Å². The van der Waals surface area contributed by atoms with Crippen molar-refractivity contribution in [3.05, 3.63) is 0 Å². The first-order valence-corrected chi connectivity index (χ1v) is 10.5. The SMILES string of the molecule is C.C[C@@H](N)C(=O)N[C@H]1CC[C@H](C)[C@@H](O)C1.C[C@@H]1CC[C@@H](NC(=O)[C@@H](C)N)C[C@H]1O. The van der Waals surface area contributed by atoms with Gasteiger partial charge in [0, 0.05) is 12.1 Å². The molecule has 0 heterocycles. The molecule has 0 aliphatic heterocycles. The summed E-state index contributed by atoms with van der Waals surface area (Å²) in [5, 5.41) is 24.9. The molecule has 2 rings (SSSR count). The van der Waals surface area contributed by atoms with Crippen LogP contribution >= 0.6 is 0 Å². The minimum Gasteiger partial charge on any atom is -0.393 e. The second kappa shape index (κ2) is 13.2. The van der Waals surface area contributed by atoms with Crippen LogP contribution in [0.1, 0.15) is 73.6 Å². The molecule has 8 nitrogen and oxygen atoms in total. The first-order valence-electron chi connectivity index (χ1n) is 10.5. The van der Waals surface area contributed by atoms with Crippen LogP contribution in [-0.2, 0) is 9.59 Å². The molecule has 8 atom stereocenters. The largest absolute Gasteiger partial charge is 0.393 e. The predicted molar refractivity (Wildman–Crippen MR) is 116 cm³/mol. The molecule has 2 fully saturated rings. The fourth-order valence-corrected chi connectivity index (χ4v) is 3.52. The van der Waals surface area contributed by atoms with Gasteiger partial charge in [-0.1, -0.05) is 21.3 Å². The molecule has 0 spiro atoms. The Kier molecular flexibility index (Phi) is 12.6. The summed E-state index contributed by atoms with van der Waals surface area (Å²) in [5.74, 6) is 0.436. The molecule has 0 unspecified atom stereocenters. The summed E-state index contributed by atoms with van der Waals surface area (Å²) in [6, 6.07) is -0.739. The van der Waals surface area contributed by atoms with Gasteiger partial charge < -0.3 is 32.3 Å². The average molecular weight is 417 g/mol. The van der Waals surface area contributed by atoms with Crippen molar-refractivity contribution in [3.63, 3.8) is 0 Å². The van der Waals surface area contributed by atoms with Crippen molar-refractivity contribution in [2.75, 3.05) is 0 Å². The van der Waals surface area contributed by atoms with Crippen molar-refractivity contribution < 1.29 is 19.8 Å². The first kappa shape index (κ1) is 27.8. The average Bonchev–Trinajstić information content (AvgIpc) is 2.61. The van der Waals surface area contributed by atoms with Crippen LogP contribution in [0.15, 0.2) is 0 Å². The summed E-state index contributed by atoms with van der Waals surface area (Å²) in [7, 11) is 0. The summed E-state index contributed by atoms with van der Waals surface area (Å²) in [6.07, 6.45) is 4.53. The number of rotatable bonds is 4. The van der Waals surface area contributed by atoms with E-state index in [0.29, 0.717) is 24.7 Å². The molecule has 2 aliphatic rings. The van der Waals surface area contributed by atoms with Crippen LogP contribution in [-0.4, -0.2) is 58.4 Å². The Morgan fingerprint density at radius 1 is 0.793 bits per heavy atom. The van der Waals surface area contributed by atoms with Gasteiger partial charge in [0.25, 0.3) is 0 Å². The third-order valence-electron chi connectivity index (χ3n) is 5.83. The molecule has 0 aromatic heterocycles. The molecule has 2 amide bonds. The van der Waals surface area contributed by atoms with Gasteiger partial charge in [-0.2, -0.15) is 0 Å². The Hall–Kier alpha value is -1.22. The second-order valence-electron chi connectivity index (χ2n) is 8.70. The topological polar surface area (TPSA) is 151 Å². The summed E-state index contributed by atoms with van der Waals surface area (Å²) in [5.41, 5.74) is 10.9. The molecule has 172 valence electrons. The van der Waals surface area contributed by atoms with Crippen molar-refractivity contribution >= 4 is 11.8 Å². The van der Waals surface area contributed by atoms with Crippen LogP contribution in [0.5, 0.6) is 0 Å². The number of nitrogens with one attached hydrogen (secondary N) is 2. The van der Waals surface area contributed by atoms with Crippen LogP contribution in [0.3, 0.4) is 0 Å². The zero-order valence-corrected chi connectivity index (χ0v) is 17.7. The van der Waals surface area contributed by atoms with Gasteiger partial charge in [-0.25, -0.2) is 0 Å². The number of carbonyl (C=O) groups excluding carboxylic acids is 2. The van der Waals surface area contributed by atoms with Crippen LogP contribution in [0.4, 0.5) is 0 Å². The van der Waals surface area contributed by atoms with Gasteiger partial charge in [-0.05, 0) is 64.2 Å². The smallest absolute Gasteiger partial charge is 0.236 e. The predicted octanol–water partition coefficient (Wildman–Crippen LogP) is 0.635. The molecule has 0 saturated heterocycles. The zero-order valence-electron chi connectivity index (χ0n) is 17.7. The summed E-state index contributed by atoms with van der Waals surface area (Å²) in [4.78, 5) is 22.6. The van der Waals surface area contributed by atoms with E-state index in [1.807, 2.05) is 13.8 Å². The van der Waals surface area contributed by atoms with E-state index in [9.17, 15) is 19.8 Å². The fourth-order valence-electron chi connectivity index (χ4n) is 3.52. The molecule has 0 radical (unpaired) electrons. The van der Waals surface area contributed by atoms with Crippen molar-refractivity contribution in [2.24, 2.45) is 23.3 Å². The number of amides is 2. The lowest BCUT2D eigenvalue weighted by atomic mass is 9.85. The lowest BCUT2D eigenvalue weighted by molar-refractivity contribution is -0.124. The molecular weight excluding hydrogens is 372 g/mol. The van der Waals surface area contributed by atoms with E-state index < -0.39 is 12.1 Å². The highest BCUT2D eigenvalue weighted by atomic mass is 16.3. The molecule has 8 heteroatoms. The van der Waals surface area contributed by atoms with E-state index in [4.69, 9.17) is 11.5 Å². The van der Waals surface area contributed by atoms with Crippen LogP contribution < -0.4 is 22.1 Å². The Balaban J connectivity index is 0.000000523. The highest BCUT2D eigenvalue weighted by Crippen LogP contribution is 2.24. The number of nitrogens with two attached hydrogens (primary N) is 2. The van der Waals surface area contributed by atoms with Crippen molar-refractivity contribution in [1.82, 2.24) is 10.6 Å². The lowest BCUT2D eigenvalue weighted by Crippen LogP contribution is -2.47. The van der Waals surface area contributed by atoms with Crippen molar-refractivity contribution in [3.8, 4) is 0 Å². The van der Waals surface area contributed by atoms with Crippen LogP contribution in [0, 0.1) is 11.8 Å². The zero-order chi connectivity index (χ0) is 21.4. The maximum absolute atomic E-state index is 11.3. The maximum atomic E-state index is 11.3. The quantitative estimate of drug-likeness (QED) is 0.396. The standard InChI is InChI=1S/2C10H20N2O2.CH4/c2*1-6-3-4-8(5-9(6)13)12-10(14)7(2)11;/h2*6-9,13H,3-5,11H2,1-2H3,(H,12,14);1H4/t6-,7+,8-,9-;6-,7-,8-,9-;/m01./s1. The summed E-state index contributed by atoms with van der Waals surface area (Å²) < 4.78 is 0.